The summed E-state index contributed by atoms with van der Waals surface area (Å²) >= 11 is 4.74. The first kappa shape index (κ1) is 25.5. The molecule has 3 heterocycles. The third kappa shape index (κ3) is 4.98. The predicted octanol–water partition coefficient (Wildman–Crippen LogP) is 7.60. The highest BCUT2D eigenvalue weighted by Gasteiger charge is 2.17. The van der Waals surface area contributed by atoms with Crippen molar-refractivity contribution in [3.8, 4) is 40.0 Å². The fourth-order valence-corrected chi connectivity index (χ4v) is 5.43. The Morgan fingerprint density at radius 3 is 2.65 bits per heavy atom. The van der Waals surface area contributed by atoms with Crippen LogP contribution in [0.1, 0.15) is 10.6 Å². The molecule has 40 heavy (non-hydrogen) atoms. The molecule has 0 aliphatic carbocycles. The minimum absolute atomic E-state index is 0.334. The summed E-state index contributed by atoms with van der Waals surface area (Å²) in [6.45, 7) is 0. The van der Waals surface area contributed by atoms with Crippen molar-refractivity contribution in [2.75, 3.05) is 7.11 Å². The van der Waals surface area contributed by atoms with Gasteiger partial charge in [0.2, 0.25) is 0 Å². The Balaban J connectivity index is 1.43. The van der Waals surface area contributed by atoms with Crippen LogP contribution in [0.15, 0.2) is 104 Å². The van der Waals surface area contributed by atoms with Gasteiger partial charge in [-0.1, -0.05) is 34.1 Å². The summed E-state index contributed by atoms with van der Waals surface area (Å²) in [5, 5.41) is 18.0. The maximum atomic E-state index is 12.7. The first-order valence-electron chi connectivity index (χ1n) is 12.1. The van der Waals surface area contributed by atoms with E-state index in [1.807, 2.05) is 72.9 Å². The number of rotatable bonds is 6. The first-order valence-corrected chi connectivity index (χ1v) is 13.8. The zero-order valence-electron chi connectivity index (χ0n) is 21.0. The number of aromatic nitrogens is 3. The second-order valence-electron chi connectivity index (χ2n) is 8.78. The largest absolute Gasteiger partial charge is 0.497 e. The number of methoxy groups -OCH3 is 1. The quantitative estimate of drug-likeness (QED) is 0.143. The SMILES string of the molecule is COc1ccc(-c2nn(-c3ccccc3)cc2/C=C(\C#N)c2nc(-c3cc4cc(Br)ccc4oc3=O)cs2)cc1. The summed E-state index contributed by atoms with van der Waals surface area (Å²) in [6, 6.07) is 26.8. The van der Waals surface area contributed by atoms with Gasteiger partial charge in [0.25, 0.3) is 0 Å². The lowest BCUT2D eigenvalue weighted by atomic mass is 10.1. The molecule has 6 rings (SSSR count). The third-order valence-electron chi connectivity index (χ3n) is 6.25. The van der Waals surface area contributed by atoms with Gasteiger partial charge < -0.3 is 9.15 Å². The molecule has 0 saturated carbocycles. The molecule has 0 radical (unpaired) electrons. The fourth-order valence-electron chi connectivity index (χ4n) is 4.27. The van der Waals surface area contributed by atoms with Crippen molar-refractivity contribution >= 4 is 49.9 Å². The zero-order chi connectivity index (χ0) is 27.6. The Bertz CT molecular complexity index is 1980. The number of benzene rings is 3. The molecule has 0 aliphatic rings. The molecule has 7 nitrogen and oxygen atoms in total. The highest BCUT2D eigenvalue weighted by atomic mass is 79.9. The van der Waals surface area contributed by atoms with E-state index in [9.17, 15) is 10.1 Å². The molecule has 0 aliphatic heterocycles. The van der Waals surface area contributed by atoms with Crippen molar-refractivity contribution < 1.29 is 9.15 Å². The molecular weight excluding hydrogens is 588 g/mol. The van der Waals surface area contributed by atoms with Gasteiger partial charge in [-0.25, -0.2) is 14.5 Å². The number of ether oxygens (including phenoxy) is 1. The van der Waals surface area contributed by atoms with E-state index in [4.69, 9.17) is 14.3 Å². The van der Waals surface area contributed by atoms with Gasteiger partial charge in [-0.15, -0.1) is 11.3 Å². The number of nitrogens with zero attached hydrogens (tertiary/aromatic N) is 4. The Kier molecular flexibility index (Phi) is 6.86. The summed E-state index contributed by atoms with van der Waals surface area (Å²) < 4.78 is 13.5. The van der Waals surface area contributed by atoms with E-state index in [1.54, 1.807) is 35.4 Å². The van der Waals surface area contributed by atoms with Gasteiger partial charge in [-0.3, -0.25) is 0 Å². The number of allylic oxidation sites excluding steroid dienone is 1. The second-order valence-corrected chi connectivity index (χ2v) is 10.6. The van der Waals surface area contributed by atoms with Gasteiger partial charge in [0.05, 0.1) is 35.3 Å². The van der Waals surface area contributed by atoms with Gasteiger partial charge in [-0.05, 0) is 66.7 Å². The van der Waals surface area contributed by atoms with E-state index >= 15 is 0 Å². The van der Waals surface area contributed by atoms with Crippen molar-refractivity contribution in [2.45, 2.75) is 0 Å². The van der Waals surface area contributed by atoms with Crippen LogP contribution in [0, 0.1) is 11.3 Å². The minimum Gasteiger partial charge on any atom is -0.497 e. The second kappa shape index (κ2) is 10.8. The van der Waals surface area contributed by atoms with Gasteiger partial charge in [0.15, 0.2) is 0 Å². The standard InChI is InChI=1S/C31H19BrN4O3S/c1-38-25-10-7-19(8-11-25)29-22(17-36(35-29)24-5-3-2-4-6-24)13-21(16-33)30-34-27(18-40-30)26-15-20-14-23(32)9-12-28(20)39-31(26)37/h2-15,17-18H,1H3/b21-13+. The van der Waals surface area contributed by atoms with Crippen LogP contribution in [0.3, 0.4) is 0 Å². The molecule has 6 aromatic rings. The van der Waals surface area contributed by atoms with Crippen LogP contribution in [0.4, 0.5) is 0 Å². The van der Waals surface area contributed by atoms with Crippen LogP contribution in [-0.2, 0) is 0 Å². The molecule has 3 aromatic carbocycles. The van der Waals surface area contributed by atoms with E-state index in [1.165, 1.54) is 11.3 Å². The van der Waals surface area contributed by atoms with Crippen LogP contribution >= 0.6 is 27.3 Å². The molecular formula is C31H19BrN4O3S. The smallest absolute Gasteiger partial charge is 0.345 e. The van der Waals surface area contributed by atoms with E-state index in [0.29, 0.717) is 33.1 Å². The molecule has 0 spiro atoms. The lowest BCUT2D eigenvalue weighted by Gasteiger charge is -2.03. The van der Waals surface area contributed by atoms with Crippen LogP contribution in [0.25, 0.3) is 50.8 Å². The van der Waals surface area contributed by atoms with Gasteiger partial charge in [-0.2, -0.15) is 10.4 Å². The number of hydrogen-bond donors (Lipinski definition) is 0. The van der Waals surface area contributed by atoms with E-state index in [-0.39, 0.29) is 0 Å². The number of fused-ring (bicyclic) bond motifs is 1. The van der Waals surface area contributed by atoms with Crippen LogP contribution in [0.5, 0.6) is 5.75 Å². The molecule has 194 valence electrons. The molecule has 3 aromatic heterocycles. The molecule has 9 heteroatoms. The van der Waals surface area contributed by atoms with Gasteiger partial charge in [0, 0.05) is 32.6 Å². The Hall–Kier alpha value is -4.78. The Morgan fingerprint density at radius 1 is 1.10 bits per heavy atom. The average molecular weight is 607 g/mol. The highest BCUT2D eigenvalue weighted by Crippen LogP contribution is 2.32. The lowest BCUT2D eigenvalue weighted by Crippen LogP contribution is -2.02. The van der Waals surface area contributed by atoms with Crippen molar-refractivity contribution in [1.29, 1.82) is 5.26 Å². The molecule has 0 saturated heterocycles. The fraction of sp³-hybridized carbons (Fsp3) is 0.0323. The van der Waals surface area contributed by atoms with Crippen LogP contribution in [-0.4, -0.2) is 21.9 Å². The zero-order valence-corrected chi connectivity index (χ0v) is 23.4. The van der Waals surface area contributed by atoms with E-state index in [0.717, 1.165) is 32.4 Å². The summed E-state index contributed by atoms with van der Waals surface area (Å²) in [4.78, 5) is 17.4. The van der Waals surface area contributed by atoms with Gasteiger partial charge in [0.1, 0.15) is 22.4 Å². The topological polar surface area (TPSA) is 93.9 Å². The maximum Gasteiger partial charge on any atom is 0.345 e. The number of thiazole rings is 1. The van der Waals surface area contributed by atoms with Crippen LogP contribution in [0.2, 0.25) is 0 Å². The normalized spacial score (nSPS) is 11.5. The van der Waals surface area contributed by atoms with Crippen molar-refractivity contribution in [1.82, 2.24) is 14.8 Å². The van der Waals surface area contributed by atoms with Crippen molar-refractivity contribution in [3.63, 3.8) is 0 Å². The molecule has 0 N–H and O–H groups in total. The highest BCUT2D eigenvalue weighted by molar-refractivity contribution is 9.10. The molecule has 0 bridgehead atoms. The molecule has 0 unspecified atom stereocenters. The Labute approximate surface area is 241 Å². The number of hydrogen-bond acceptors (Lipinski definition) is 7. The summed E-state index contributed by atoms with van der Waals surface area (Å²) in [6.07, 6.45) is 3.66. The van der Waals surface area contributed by atoms with Crippen molar-refractivity contribution in [3.05, 3.63) is 116 Å². The van der Waals surface area contributed by atoms with E-state index in [2.05, 4.69) is 27.0 Å². The Morgan fingerprint density at radius 2 is 1.90 bits per heavy atom. The average Bonchev–Trinajstić information content (AvgIpc) is 3.64. The molecule has 0 atom stereocenters. The summed E-state index contributed by atoms with van der Waals surface area (Å²) in [5.74, 6) is 0.738. The molecule has 0 amide bonds. The summed E-state index contributed by atoms with van der Waals surface area (Å²) in [7, 11) is 1.62. The number of para-hydroxylation sites is 1. The molecule has 0 fully saturated rings. The van der Waals surface area contributed by atoms with Gasteiger partial charge >= 0.3 is 5.63 Å². The monoisotopic (exact) mass is 606 g/mol. The number of halogens is 1. The lowest BCUT2D eigenvalue weighted by molar-refractivity contribution is 0.415. The first-order chi connectivity index (χ1) is 19.5. The van der Waals surface area contributed by atoms with E-state index < -0.39 is 5.63 Å². The van der Waals surface area contributed by atoms with Crippen LogP contribution < -0.4 is 10.4 Å². The third-order valence-corrected chi connectivity index (χ3v) is 7.62. The van der Waals surface area contributed by atoms with Crippen molar-refractivity contribution in [2.24, 2.45) is 0 Å². The maximum absolute atomic E-state index is 12.7. The predicted molar refractivity (Wildman–Crippen MR) is 160 cm³/mol. The minimum atomic E-state index is -0.486. The number of nitriles is 1. The summed E-state index contributed by atoms with van der Waals surface area (Å²) in [5.41, 5.74) is 4.36.